The van der Waals surface area contributed by atoms with Crippen LogP contribution in [0.3, 0.4) is 0 Å². The highest BCUT2D eigenvalue weighted by atomic mass is 35.5. The van der Waals surface area contributed by atoms with E-state index in [1.165, 1.54) is 6.08 Å². The number of nitrogens with zero attached hydrogens (tertiary/aromatic N) is 2. The zero-order valence-corrected chi connectivity index (χ0v) is 15.7. The monoisotopic (exact) mass is 404 g/mol. The van der Waals surface area contributed by atoms with Crippen LogP contribution < -0.4 is 4.74 Å². The molecule has 3 rings (SSSR count). The fraction of sp³-hybridized carbons (Fsp3) is 0.105. The first-order valence-electron chi connectivity index (χ1n) is 7.82. The molecule has 0 saturated carbocycles. The van der Waals surface area contributed by atoms with Gasteiger partial charge in [-0.2, -0.15) is 4.98 Å². The lowest BCUT2D eigenvalue weighted by Crippen LogP contribution is -2.01. The summed E-state index contributed by atoms with van der Waals surface area (Å²) >= 11 is 11.8. The normalized spacial score (nSPS) is 10.9. The molecule has 0 aliphatic rings. The highest BCUT2D eigenvalue weighted by Crippen LogP contribution is 2.27. The molecule has 0 unspecified atom stereocenters. The third-order valence-corrected chi connectivity index (χ3v) is 4.25. The van der Waals surface area contributed by atoms with Crippen LogP contribution in [-0.4, -0.2) is 23.2 Å². The van der Waals surface area contributed by atoms with Crippen LogP contribution >= 0.6 is 23.2 Å². The van der Waals surface area contributed by atoms with Gasteiger partial charge in [0, 0.05) is 6.08 Å². The van der Waals surface area contributed by atoms with E-state index in [1.807, 2.05) is 12.1 Å². The summed E-state index contributed by atoms with van der Waals surface area (Å²) in [5.41, 5.74) is 1.40. The quantitative estimate of drug-likeness (QED) is 0.433. The van der Waals surface area contributed by atoms with Crippen molar-refractivity contribution in [3.63, 3.8) is 0 Å². The number of benzene rings is 2. The third-order valence-electron chi connectivity index (χ3n) is 3.51. The number of para-hydroxylation sites is 1. The van der Waals surface area contributed by atoms with Gasteiger partial charge >= 0.3 is 5.97 Å². The molecular formula is C19H14Cl2N2O4. The summed E-state index contributed by atoms with van der Waals surface area (Å²) in [5, 5.41) is 4.73. The standard InChI is InChI=1S/C19H14Cl2N2O4/c1-25-16-5-3-2-4-13(16)19-22-17(27-23-19)11-26-18(24)9-7-12-6-8-14(20)15(21)10-12/h2-10H,11H2,1H3/b9-7+. The van der Waals surface area contributed by atoms with E-state index in [0.717, 1.165) is 5.56 Å². The SMILES string of the molecule is COc1ccccc1-c1noc(COC(=O)/C=C/c2ccc(Cl)c(Cl)c2)n1. The molecule has 1 aromatic heterocycles. The maximum absolute atomic E-state index is 11.8. The first-order valence-corrected chi connectivity index (χ1v) is 8.58. The van der Waals surface area contributed by atoms with Gasteiger partial charge in [0.2, 0.25) is 5.82 Å². The van der Waals surface area contributed by atoms with Gasteiger partial charge in [-0.25, -0.2) is 4.79 Å². The lowest BCUT2D eigenvalue weighted by atomic mass is 10.2. The van der Waals surface area contributed by atoms with Gasteiger partial charge in [0.1, 0.15) is 5.75 Å². The molecule has 0 atom stereocenters. The van der Waals surface area contributed by atoms with Crippen molar-refractivity contribution >= 4 is 35.2 Å². The maximum Gasteiger partial charge on any atom is 0.331 e. The van der Waals surface area contributed by atoms with E-state index in [9.17, 15) is 4.79 Å². The highest BCUT2D eigenvalue weighted by molar-refractivity contribution is 6.42. The van der Waals surface area contributed by atoms with Gasteiger partial charge in [0.05, 0.1) is 22.7 Å². The molecule has 1 heterocycles. The number of halogens is 2. The van der Waals surface area contributed by atoms with Crippen LogP contribution in [0.2, 0.25) is 10.0 Å². The van der Waals surface area contributed by atoms with Crippen molar-refractivity contribution in [2.24, 2.45) is 0 Å². The molecular weight excluding hydrogens is 391 g/mol. The average molecular weight is 405 g/mol. The van der Waals surface area contributed by atoms with Gasteiger partial charge in [0.25, 0.3) is 5.89 Å². The van der Waals surface area contributed by atoms with E-state index in [-0.39, 0.29) is 12.5 Å². The van der Waals surface area contributed by atoms with Gasteiger partial charge in [-0.3, -0.25) is 0 Å². The average Bonchev–Trinajstić information content (AvgIpc) is 3.16. The van der Waals surface area contributed by atoms with Crippen LogP contribution in [-0.2, 0) is 16.1 Å². The number of rotatable bonds is 6. The van der Waals surface area contributed by atoms with Crippen LogP contribution in [0.15, 0.2) is 53.1 Å². The van der Waals surface area contributed by atoms with Crippen molar-refractivity contribution in [3.8, 4) is 17.1 Å². The smallest absolute Gasteiger partial charge is 0.331 e. The Balaban J connectivity index is 1.60. The summed E-state index contributed by atoms with van der Waals surface area (Å²) in [4.78, 5) is 16.1. The van der Waals surface area contributed by atoms with Crippen LogP contribution in [0.5, 0.6) is 5.75 Å². The molecule has 0 bridgehead atoms. The molecule has 0 saturated heterocycles. The Kier molecular flexibility index (Phi) is 6.11. The number of hydrogen-bond acceptors (Lipinski definition) is 6. The van der Waals surface area contributed by atoms with E-state index in [2.05, 4.69) is 10.1 Å². The largest absolute Gasteiger partial charge is 0.496 e. The second kappa shape index (κ2) is 8.70. The molecule has 0 N–H and O–H groups in total. The summed E-state index contributed by atoms with van der Waals surface area (Å²) < 4.78 is 15.5. The van der Waals surface area contributed by atoms with Gasteiger partial charge in [-0.05, 0) is 35.9 Å². The van der Waals surface area contributed by atoms with Crippen LogP contribution in [0.1, 0.15) is 11.5 Å². The minimum atomic E-state index is -0.557. The molecule has 3 aromatic rings. The number of esters is 1. The van der Waals surface area contributed by atoms with E-state index >= 15 is 0 Å². The minimum Gasteiger partial charge on any atom is -0.496 e. The zero-order valence-electron chi connectivity index (χ0n) is 14.2. The second-order valence-corrected chi connectivity index (χ2v) is 6.14. The van der Waals surface area contributed by atoms with Gasteiger partial charge in [-0.15, -0.1) is 0 Å². The van der Waals surface area contributed by atoms with Crippen LogP contribution in [0.25, 0.3) is 17.5 Å². The molecule has 6 nitrogen and oxygen atoms in total. The van der Waals surface area contributed by atoms with E-state index in [0.29, 0.717) is 27.2 Å². The van der Waals surface area contributed by atoms with Crippen molar-refractivity contribution in [3.05, 3.63) is 70.0 Å². The summed E-state index contributed by atoms with van der Waals surface area (Å²) in [6.45, 7) is -0.146. The molecule has 0 amide bonds. The predicted molar refractivity (Wildman–Crippen MR) is 102 cm³/mol. The molecule has 0 spiro atoms. The molecule has 0 aliphatic carbocycles. The number of aromatic nitrogens is 2. The number of carbonyl (C=O) groups is 1. The number of carbonyl (C=O) groups excluding carboxylic acids is 1. The lowest BCUT2D eigenvalue weighted by molar-refractivity contribution is -0.139. The van der Waals surface area contributed by atoms with E-state index < -0.39 is 5.97 Å². The Morgan fingerprint density at radius 1 is 1.19 bits per heavy atom. The Bertz CT molecular complexity index is 985. The number of hydrogen-bond donors (Lipinski definition) is 0. The van der Waals surface area contributed by atoms with Gasteiger partial charge in [-0.1, -0.05) is 46.6 Å². The highest BCUT2D eigenvalue weighted by Gasteiger charge is 2.13. The zero-order chi connectivity index (χ0) is 19.2. The van der Waals surface area contributed by atoms with Gasteiger partial charge in [0.15, 0.2) is 6.61 Å². The van der Waals surface area contributed by atoms with Gasteiger partial charge < -0.3 is 14.0 Å². The Morgan fingerprint density at radius 3 is 2.78 bits per heavy atom. The van der Waals surface area contributed by atoms with Crippen molar-refractivity contribution in [1.29, 1.82) is 0 Å². The first-order chi connectivity index (χ1) is 13.1. The summed E-state index contributed by atoms with van der Waals surface area (Å²) in [6.07, 6.45) is 2.84. The van der Waals surface area contributed by atoms with Crippen molar-refractivity contribution in [2.75, 3.05) is 7.11 Å². The van der Waals surface area contributed by atoms with E-state index in [4.69, 9.17) is 37.2 Å². The Hall–Kier alpha value is -2.83. The van der Waals surface area contributed by atoms with E-state index in [1.54, 1.807) is 43.5 Å². The lowest BCUT2D eigenvalue weighted by Gasteiger charge is -2.03. The summed E-state index contributed by atoms with van der Waals surface area (Å²) in [5.74, 6) is 0.585. The minimum absolute atomic E-state index is 0.146. The molecule has 0 radical (unpaired) electrons. The summed E-state index contributed by atoms with van der Waals surface area (Å²) in [7, 11) is 1.56. The van der Waals surface area contributed by atoms with Crippen LogP contribution in [0.4, 0.5) is 0 Å². The molecule has 138 valence electrons. The van der Waals surface area contributed by atoms with Crippen molar-refractivity contribution < 1.29 is 18.8 Å². The molecule has 2 aromatic carbocycles. The topological polar surface area (TPSA) is 74.5 Å². The Labute approximate surface area is 165 Å². The maximum atomic E-state index is 11.8. The Morgan fingerprint density at radius 2 is 2.00 bits per heavy atom. The predicted octanol–water partition coefficient (Wildman–Crippen LogP) is 4.81. The molecule has 27 heavy (non-hydrogen) atoms. The second-order valence-electron chi connectivity index (χ2n) is 5.33. The number of ether oxygens (including phenoxy) is 2. The van der Waals surface area contributed by atoms with Crippen molar-refractivity contribution in [1.82, 2.24) is 10.1 Å². The first kappa shape index (κ1) is 18.9. The molecule has 8 heteroatoms. The summed E-state index contributed by atoms with van der Waals surface area (Å²) in [6, 6.07) is 12.3. The van der Waals surface area contributed by atoms with Crippen LogP contribution in [0, 0.1) is 0 Å². The molecule has 0 fully saturated rings. The molecule has 0 aliphatic heterocycles. The number of methoxy groups -OCH3 is 1. The fourth-order valence-electron chi connectivity index (χ4n) is 2.21. The fourth-order valence-corrected chi connectivity index (χ4v) is 2.52. The third kappa shape index (κ3) is 4.87. The van der Waals surface area contributed by atoms with Crippen molar-refractivity contribution in [2.45, 2.75) is 6.61 Å².